The first-order valence-electron chi connectivity index (χ1n) is 6.22. The van der Waals surface area contributed by atoms with E-state index >= 15 is 0 Å². The van der Waals surface area contributed by atoms with Crippen molar-refractivity contribution < 1.29 is 13.9 Å². The Kier molecular flexibility index (Phi) is 3.99. The molecule has 0 aromatic heterocycles. The molecule has 4 N–H and O–H groups in total. The number of rotatable bonds is 4. The largest absolute Gasteiger partial charge is 0.396 e. The van der Waals surface area contributed by atoms with Gasteiger partial charge in [0, 0.05) is 25.3 Å². The Morgan fingerprint density at radius 2 is 2.05 bits per heavy atom. The van der Waals surface area contributed by atoms with Gasteiger partial charge in [-0.2, -0.15) is 0 Å². The second-order valence-corrected chi connectivity index (χ2v) is 4.82. The summed E-state index contributed by atoms with van der Waals surface area (Å²) in [7, 11) is 0. The molecule has 6 heteroatoms. The van der Waals surface area contributed by atoms with Crippen LogP contribution in [0.5, 0.6) is 0 Å². The summed E-state index contributed by atoms with van der Waals surface area (Å²) in [6, 6.07) is 2.17. The van der Waals surface area contributed by atoms with Crippen LogP contribution >= 0.6 is 0 Å². The highest BCUT2D eigenvalue weighted by atomic mass is 19.1. The average molecular weight is 269 g/mol. The summed E-state index contributed by atoms with van der Waals surface area (Å²) in [5.74, 6) is -1.50. The summed E-state index contributed by atoms with van der Waals surface area (Å²) < 4.78 is 27.9. The molecule has 0 aliphatic carbocycles. The standard InChI is InChI=1S/C13H17F2N3O/c14-10-5-9(13(16)17)6-11(15)12(10)18-3-1-8(7-18)2-4-19/h5-6,8,19H,1-4,7H2,(H3,16,17). The van der Waals surface area contributed by atoms with Crippen molar-refractivity contribution in [3.63, 3.8) is 0 Å². The lowest BCUT2D eigenvalue weighted by molar-refractivity contribution is 0.263. The number of nitrogens with two attached hydrogens (primary N) is 1. The van der Waals surface area contributed by atoms with Crippen LogP contribution in [-0.2, 0) is 0 Å². The molecular formula is C13H17F2N3O. The maximum absolute atomic E-state index is 14.0. The van der Waals surface area contributed by atoms with Crippen LogP contribution in [0.25, 0.3) is 0 Å². The summed E-state index contributed by atoms with van der Waals surface area (Å²) in [6.45, 7) is 1.19. The first-order chi connectivity index (χ1) is 9.02. The molecule has 0 amide bonds. The zero-order chi connectivity index (χ0) is 14.0. The summed E-state index contributed by atoms with van der Waals surface area (Å²) in [5, 5.41) is 16.1. The van der Waals surface area contributed by atoms with Gasteiger partial charge >= 0.3 is 0 Å². The van der Waals surface area contributed by atoms with Gasteiger partial charge in [-0.15, -0.1) is 0 Å². The van der Waals surface area contributed by atoms with Crippen LogP contribution in [0.1, 0.15) is 18.4 Å². The quantitative estimate of drug-likeness (QED) is 0.572. The van der Waals surface area contributed by atoms with E-state index in [-0.39, 0.29) is 29.6 Å². The van der Waals surface area contributed by atoms with E-state index in [1.807, 2.05) is 0 Å². The van der Waals surface area contributed by atoms with Crippen molar-refractivity contribution in [1.82, 2.24) is 0 Å². The molecule has 0 spiro atoms. The monoisotopic (exact) mass is 269 g/mol. The van der Waals surface area contributed by atoms with Gasteiger partial charge in [0.2, 0.25) is 0 Å². The molecule has 1 unspecified atom stereocenters. The second-order valence-electron chi connectivity index (χ2n) is 4.82. The van der Waals surface area contributed by atoms with Gasteiger partial charge in [0.1, 0.15) is 23.2 Å². The number of aliphatic hydroxyl groups is 1. The summed E-state index contributed by atoms with van der Waals surface area (Å²) >= 11 is 0. The fourth-order valence-electron chi connectivity index (χ4n) is 2.48. The molecule has 1 aliphatic rings. The molecule has 1 aromatic rings. The summed E-state index contributed by atoms with van der Waals surface area (Å²) in [4.78, 5) is 1.65. The fraction of sp³-hybridized carbons (Fsp3) is 0.462. The third-order valence-electron chi connectivity index (χ3n) is 3.47. The van der Waals surface area contributed by atoms with Crippen LogP contribution in [0.4, 0.5) is 14.5 Å². The molecule has 19 heavy (non-hydrogen) atoms. The number of nitrogen functional groups attached to an aromatic ring is 1. The van der Waals surface area contributed by atoms with Crippen molar-refractivity contribution in [2.45, 2.75) is 12.8 Å². The van der Waals surface area contributed by atoms with Crippen molar-refractivity contribution in [1.29, 1.82) is 5.41 Å². The van der Waals surface area contributed by atoms with Crippen molar-refractivity contribution in [3.8, 4) is 0 Å². The van der Waals surface area contributed by atoms with Gasteiger partial charge in [0.05, 0.1) is 0 Å². The number of halogens is 2. The van der Waals surface area contributed by atoms with Gasteiger partial charge in [-0.25, -0.2) is 8.78 Å². The first-order valence-corrected chi connectivity index (χ1v) is 6.22. The molecule has 1 fully saturated rings. The van der Waals surface area contributed by atoms with Crippen molar-refractivity contribution in [2.75, 3.05) is 24.6 Å². The molecule has 2 rings (SSSR count). The molecule has 104 valence electrons. The molecular weight excluding hydrogens is 252 g/mol. The Hall–Kier alpha value is -1.69. The van der Waals surface area contributed by atoms with E-state index < -0.39 is 11.6 Å². The van der Waals surface area contributed by atoms with E-state index in [9.17, 15) is 8.78 Å². The molecule has 0 radical (unpaired) electrons. The molecule has 4 nitrogen and oxygen atoms in total. The lowest BCUT2D eigenvalue weighted by Gasteiger charge is -2.20. The van der Waals surface area contributed by atoms with Crippen LogP contribution in [0, 0.1) is 23.0 Å². The smallest absolute Gasteiger partial charge is 0.150 e. The molecule has 1 saturated heterocycles. The Morgan fingerprint density at radius 3 is 2.58 bits per heavy atom. The van der Waals surface area contributed by atoms with Gasteiger partial charge in [0.15, 0.2) is 0 Å². The lowest BCUT2D eigenvalue weighted by atomic mass is 10.1. The highest BCUT2D eigenvalue weighted by Gasteiger charge is 2.27. The Balaban J connectivity index is 2.24. The zero-order valence-electron chi connectivity index (χ0n) is 10.5. The minimum Gasteiger partial charge on any atom is -0.396 e. The van der Waals surface area contributed by atoms with Crippen molar-refractivity contribution >= 4 is 11.5 Å². The molecule has 0 saturated carbocycles. The third kappa shape index (κ3) is 2.84. The number of hydrogen-bond acceptors (Lipinski definition) is 3. The predicted octanol–water partition coefficient (Wildman–Crippen LogP) is 1.46. The van der Waals surface area contributed by atoms with Gasteiger partial charge in [-0.3, -0.25) is 5.41 Å². The van der Waals surface area contributed by atoms with Crippen LogP contribution in [0.2, 0.25) is 0 Å². The molecule has 1 aromatic carbocycles. The maximum atomic E-state index is 14.0. The van der Waals surface area contributed by atoms with E-state index in [0.29, 0.717) is 19.5 Å². The average Bonchev–Trinajstić information content (AvgIpc) is 2.77. The fourth-order valence-corrected chi connectivity index (χ4v) is 2.48. The normalized spacial score (nSPS) is 18.9. The number of nitrogens with one attached hydrogen (secondary N) is 1. The minimum atomic E-state index is -0.699. The van der Waals surface area contributed by atoms with Gasteiger partial charge in [0.25, 0.3) is 0 Å². The van der Waals surface area contributed by atoms with E-state index in [1.54, 1.807) is 4.90 Å². The van der Waals surface area contributed by atoms with E-state index in [0.717, 1.165) is 18.6 Å². The van der Waals surface area contributed by atoms with E-state index in [1.165, 1.54) is 0 Å². The van der Waals surface area contributed by atoms with Gasteiger partial charge < -0.3 is 15.7 Å². The van der Waals surface area contributed by atoms with E-state index in [2.05, 4.69) is 0 Å². The van der Waals surface area contributed by atoms with Crippen LogP contribution in [0.15, 0.2) is 12.1 Å². The summed E-state index contributed by atoms with van der Waals surface area (Å²) in [6.07, 6.45) is 1.46. The zero-order valence-corrected chi connectivity index (χ0v) is 10.5. The molecule has 1 atom stereocenters. The molecule has 1 heterocycles. The number of aliphatic hydroxyl groups excluding tert-OH is 1. The summed E-state index contributed by atoms with van der Waals surface area (Å²) in [5.41, 5.74) is 5.21. The van der Waals surface area contributed by atoms with E-state index in [4.69, 9.17) is 16.2 Å². The number of benzene rings is 1. The van der Waals surface area contributed by atoms with Crippen molar-refractivity contribution in [3.05, 3.63) is 29.3 Å². The predicted molar refractivity (Wildman–Crippen MR) is 69.4 cm³/mol. The number of nitrogens with zero attached hydrogens (tertiary/aromatic N) is 1. The first kappa shape index (κ1) is 13.7. The Labute approximate surface area is 110 Å². The van der Waals surface area contributed by atoms with Crippen LogP contribution in [0.3, 0.4) is 0 Å². The van der Waals surface area contributed by atoms with Crippen LogP contribution in [-0.4, -0.2) is 30.6 Å². The highest BCUT2D eigenvalue weighted by Crippen LogP contribution is 2.30. The maximum Gasteiger partial charge on any atom is 0.150 e. The van der Waals surface area contributed by atoms with Crippen molar-refractivity contribution in [2.24, 2.45) is 11.7 Å². The van der Waals surface area contributed by atoms with Gasteiger partial charge in [-0.1, -0.05) is 0 Å². The SMILES string of the molecule is N=C(N)c1cc(F)c(N2CCC(CCO)C2)c(F)c1. The Bertz CT molecular complexity index is 470. The number of anilines is 1. The number of amidine groups is 1. The second kappa shape index (κ2) is 5.52. The third-order valence-corrected chi connectivity index (χ3v) is 3.47. The molecule has 1 aliphatic heterocycles. The highest BCUT2D eigenvalue weighted by molar-refractivity contribution is 5.95. The Morgan fingerprint density at radius 1 is 1.42 bits per heavy atom. The van der Waals surface area contributed by atoms with Gasteiger partial charge in [-0.05, 0) is 30.9 Å². The topological polar surface area (TPSA) is 73.3 Å². The van der Waals surface area contributed by atoms with Crippen LogP contribution < -0.4 is 10.6 Å². The molecule has 0 bridgehead atoms. The lowest BCUT2D eigenvalue weighted by Crippen LogP contribution is -2.23. The minimum absolute atomic E-state index is 0.0462. The number of hydrogen-bond donors (Lipinski definition) is 3.